The van der Waals surface area contributed by atoms with Crippen LogP contribution in [0.1, 0.15) is 52.7 Å². The summed E-state index contributed by atoms with van der Waals surface area (Å²) < 4.78 is 0. The Kier molecular flexibility index (Phi) is 3.08. The Morgan fingerprint density at radius 2 is 1.53 bits per heavy atom. The summed E-state index contributed by atoms with van der Waals surface area (Å²) in [6, 6.07) is 7.93. The highest BCUT2D eigenvalue weighted by Crippen LogP contribution is 2.33. The monoisotopic (exact) mass is 257 g/mol. The fourth-order valence-electron chi connectivity index (χ4n) is 2.29. The fourth-order valence-corrected chi connectivity index (χ4v) is 2.29. The number of hydrogen-bond acceptors (Lipinski definition) is 1. The Labute approximate surface area is 114 Å². The van der Waals surface area contributed by atoms with Gasteiger partial charge >= 0.3 is 0 Å². The van der Waals surface area contributed by atoms with Gasteiger partial charge in [-0.25, -0.2) is 0 Å². The van der Waals surface area contributed by atoms with E-state index in [0.717, 1.165) is 10.9 Å². The lowest BCUT2D eigenvalue weighted by Gasteiger charge is -2.26. The van der Waals surface area contributed by atoms with Crippen LogP contribution in [0.2, 0.25) is 0 Å². The molecule has 2 rings (SSSR count). The summed E-state index contributed by atoms with van der Waals surface area (Å²) in [7, 11) is 0. The normalized spacial score (nSPS) is 12.9. The first-order valence-corrected chi connectivity index (χ1v) is 6.77. The van der Waals surface area contributed by atoms with E-state index in [1.54, 1.807) is 6.07 Å². The summed E-state index contributed by atoms with van der Waals surface area (Å²) in [4.78, 5) is 14.6. The molecule has 0 unspecified atom stereocenters. The lowest BCUT2D eigenvalue weighted by Crippen LogP contribution is -2.18. The molecule has 0 saturated heterocycles. The van der Waals surface area contributed by atoms with Crippen LogP contribution in [0, 0.1) is 0 Å². The lowest BCUT2D eigenvalue weighted by atomic mass is 9.79. The summed E-state index contributed by atoms with van der Waals surface area (Å²) in [5.74, 6) is 0. The largest absolute Gasteiger partial charge is 0.322 e. The van der Waals surface area contributed by atoms with Crippen LogP contribution in [0.4, 0.5) is 0 Å². The molecule has 0 radical (unpaired) electrons. The first kappa shape index (κ1) is 13.9. The topological polar surface area (TPSA) is 32.9 Å². The van der Waals surface area contributed by atoms with Crippen molar-refractivity contribution >= 4 is 10.9 Å². The Bertz CT molecular complexity index is 666. The van der Waals surface area contributed by atoms with Gasteiger partial charge in [-0.15, -0.1) is 0 Å². The van der Waals surface area contributed by atoms with Crippen LogP contribution in [-0.2, 0) is 10.8 Å². The summed E-state index contributed by atoms with van der Waals surface area (Å²) in [5, 5.41) is 1.11. The summed E-state index contributed by atoms with van der Waals surface area (Å²) >= 11 is 0. The van der Waals surface area contributed by atoms with Gasteiger partial charge in [-0.1, -0.05) is 47.6 Å². The van der Waals surface area contributed by atoms with Gasteiger partial charge in [0.05, 0.1) is 5.52 Å². The van der Waals surface area contributed by atoms with Crippen molar-refractivity contribution in [1.29, 1.82) is 0 Å². The van der Waals surface area contributed by atoms with E-state index in [1.807, 2.05) is 6.07 Å². The maximum atomic E-state index is 11.6. The molecule has 0 saturated carbocycles. The van der Waals surface area contributed by atoms with E-state index in [-0.39, 0.29) is 16.4 Å². The highest BCUT2D eigenvalue weighted by atomic mass is 16.1. The quantitative estimate of drug-likeness (QED) is 0.756. The first-order chi connectivity index (χ1) is 8.59. The van der Waals surface area contributed by atoms with Gasteiger partial charge in [-0.2, -0.15) is 0 Å². The Balaban J connectivity index is 2.89. The molecule has 102 valence electrons. The smallest absolute Gasteiger partial charge is 0.248 e. The molecule has 0 aliphatic rings. The second-order valence-corrected chi connectivity index (χ2v) is 7.31. The number of aromatic nitrogens is 1. The van der Waals surface area contributed by atoms with E-state index in [0.29, 0.717) is 0 Å². The second-order valence-electron chi connectivity index (χ2n) is 7.31. The van der Waals surface area contributed by atoms with Crippen molar-refractivity contribution in [2.45, 2.75) is 52.4 Å². The molecule has 0 aliphatic heterocycles. The maximum Gasteiger partial charge on any atom is 0.248 e. The number of H-pyrrole nitrogens is 1. The van der Waals surface area contributed by atoms with Crippen molar-refractivity contribution in [2.24, 2.45) is 0 Å². The van der Waals surface area contributed by atoms with Gasteiger partial charge in [0.25, 0.3) is 0 Å². The number of benzene rings is 1. The van der Waals surface area contributed by atoms with E-state index >= 15 is 0 Å². The van der Waals surface area contributed by atoms with Crippen LogP contribution >= 0.6 is 0 Å². The van der Waals surface area contributed by atoms with E-state index in [2.05, 4.69) is 58.7 Å². The number of aromatic amines is 1. The molecular weight excluding hydrogens is 234 g/mol. The molecule has 0 aliphatic carbocycles. The van der Waals surface area contributed by atoms with Gasteiger partial charge in [0.15, 0.2) is 0 Å². The van der Waals surface area contributed by atoms with Gasteiger partial charge in [0.1, 0.15) is 0 Å². The Morgan fingerprint density at radius 1 is 0.895 bits per heavy atom. The van der Waals surface area contributed by atoms with Crippen molar-refractivity contribution in [2.75, 3.05) is 0 Å². The van der Waals surface area contributed by atoms with Gasteiger partial charge in [-0.3, -0.25) is 4.79 Å². The lowest BCUT2D eigenvalue weighted by molar-refractivity contribution is 0.572. The van der Waals surface area contributed by atoms with Crippen molar-refractivity contribution in [3.05, 3.63) is 45.7 Å². The number of nitrogens with one attached hydrogen (secondary N) is 1. The highest BCUT2D eigenvalue weighted by Gasteiger charge is 2.22. The summed E-state index contributed by atoms with van der Waals surface area (Å²) in [5.41, 5.74) is 3.54. The molecule has 0 atom stereocenters. The van der Waals surface area contributed by atoms with Gasteiger partial charge < -0.3 is 4.98 Å². The molecule has 0 amide bonds. The minimum Gasteiger partial charge on any atom is -0.322 e. The van der Waals surface area contributed by atoms with Crippen LogP contribution in [0.3, 0.4) is 0 Å². The SMILES string of the molecule is CC(C)(C)c1cc(C(C)(C)C)c2[nH]c(=O)ccc2c1. The van der Waals surface area contributed by atoms with Crippen LogP contribution in [-0.4, -0.2) is 4.98 Å². The van der Waals surface area contributed by atoms with E-state index in [9.17, 15) is 4.79 Å². The molecule has 2 nitrogen and oxygen atoms in total. The second kappa shape index (κ2) is 4.22. The third kappa shape index (κ3) is 2.73. The van der Waals surface area contributed by atoms with E-state index in [4.69, 9.17) is 0 Å². The minimum absolute atomic E-state index is 0.00377. The van der Waals surface area contributed by atoms with Crippen molar-refractivity contribution in [3.8, 4) is 0 Å². The molecule has 0 spiro atoms. The van der Waals surface area contributed by atoms with E-state index < -0.39 is 0 Å². The van der Waals surface area contributed by atoms with Crippen molar-refractivity contribution in [3.63, 3.8) is 0 Å². The molecular formula is C17H23NO. The van der Waals surface area contributed by atoms with E-state index in [1.165, 1.54) is 11.1 Å². The number of fused-ring (bicyclic) bond motifs is 1. The van der Waals surface area contributed by atoms with Gasteiger partial charge in [0.2, 0.25) is 5.56 Å². The summed E-state index contributed by atoms with van der Waals surface area (Å²) in [6.07, 6.45) is 0. The third-order valence-corrected chi connectivity index (χ3v) is 3.51. The molecule has 2 heteroatoms. The molecule has 1 N–H and O–H groups in total. The molecule has 1 aromatic carbocycles. The van der Waals surface area contributed by atoms with Gasteiger partial charge in [-0.05, 0) is 39.5 Å². The predicted molar refractivity (Wildman–Crippen MR) is 82.0 cm³/mol. The molecule has 0 fully saturated rings. The highest BCUT2D eigenvalue weighted by molar-refractivity contribution is 5.83. The summed E-state index contributed by atoms with van der Waals surface area (Å²) in [6.45, 7) is 13.2. The molecule has 0 bridgehead atoms. The first-order valence-electron chi connectivity index (χ1n) is 6.77. The number of hydrogen-bond donors (Lipinski definition) is 1. The molecule has 1 heterocycles. The zero-order chi connectivity index (χ0) is 14.4. The van der Waals surface area contributed by atoms with Crippen molar-refractivity contribution < 1.29 is 0 Å². The van der Waals surface area contributed by atoms with Crippen LogP contribution < -0.4 is 5.56 Å². The standard InChI is InChI=1S/C17H23NO/c1-16(2,3)12-9-11-7-8-14(19)18-15(11)13(10-12)17(4,5)6/h7-10H,1-6H3,(H,18,19). The molecule has 19 heavy (non-hydrogen) atoms. The van der Waals surface area contributed by atoms with Crippen molar-refractivity contribution in [1.82, 2.24) is 4.98 Å². The zero-order valence-corrected chi connectivity index (χ0v) is 12.7. The van der Waals surface area contributed by atoms with Crippen LogP contribution in [0.15, 0.2) is 29.1 Å². The average molecular weight is 257 g/mol. The minimum atomic E-state index is -0.0403. The Hall–Kier alpha value is -1.57. The fraction of sp³-hybridized carbons (Fsp3) is 0.471. The molecule has 1 aromatic heterocycles. The third-order valence-electron chi connectivity index (χ3n) is 3.51. The van der Waals surface area contributed by atoms with Gasteiger partial charge in [0, 0.05) is 6.07 Å². The van der Waals surface area contributed by atoms with Crippen LogP contribution in [0.5, 0.6) is 0 Å². The average Bonchev–Trinajstić information content (AvgIpc) is 2.24. The molecule has 2 aromatic rings. The maximum absolute atomic E-state index is 11.6. The number of rotatable bonds is 0. The Morgan fingerprint density at radius 3 is 2.05 bits per heavy atom. The number of pyridine rings is 1. The predicted octanol–water partition coefficient (Wildman–Crippen LogP) is 4.12. The zero-order valence-electron chi connectivity index (χ0n) is 12.7. The van der Waals surface area contributed by atoms with Crippen LogP contribution in [0.25, 0.3) is 10.9 Å².